The van der Waals surface area contributed by atoms with E-state index in [0.717, 1.165) is 26.1 Å². The van der Waals surface area contributed by atoms with Gasteiger partial charge in [0.05, 0.1) is 6.42 Å². The third-order valence-electron chi connectivity index (χ3n) is 4.71. The van der Waals surface area contributed by atoms with E-state index in [1.54, 1.807) is 0 Å². The van der Waals surface area contributed by atoms with E-state index >= 15 is 0 Å². The molecule has 2 fully saturated rings. The molecule has 2 saturated heterocycles. The van der Waals surface area contributed by atoms with E-state index in [2.05, 4.69) is 17.1 Å². The quantitative estimate of drug-likeness (QED) is 0.822. The largest absolute Gasteiger partial charge is 0.481 e. The maximum absolute atomic E-state index is 12.5. The monoisotopic (exact) mass is 297 g/mol. The minimum Gasteiger partial charge on any atom is -0.481 e. The van der Waals surface area contributed by atoms with Crippen LogP contribution < -0.4 is 5.32 Å². The fourth-order valence-corrected chi connectivity index (χ4v) is 3.35. The van der Waals surface area contributed by atoms with Crippen molar-refractivity contribution in [3.8, 4) is 0 Å². The van der Waals surface area contributed by atoms with Crippen molar-refractivity contribution in [2.75, 3.05) is 19.6 Å². The van der Waals surface area contributed by atoms with E-state index in [1.807, 2.05) is 18.7 Å². The minimum atomic E-state index is -0.873. The average molecular weight is 297 g/mol. The smallest absolute Gasteiger partial charge is 0.317 e. The number of hydrogen-bond acceptors (Lipinski definition) is 3. The van der Waals surface area contributed by atoms with Crippen LogP contribution in [0.2, 0.25) is 0 Å². The molecule has 2 heterocycles. The molecular weight excluding hydrogens is 270 g/mol. The van der Waals surface area contributed by atoms with Crippen molar-refractivity contribution in [3.05, 3.63) is 0 Å². The van der Waals surface area contributed by atoms with Gasteiger partial charge in [-0.2, -0.15) is 0 Å². The molecular formula is C15H27N3O3. The average Bonchev–Trinajstić information content (AvgIpc) is 2.83. The Kier molecular flexibility index (Phi) is 5.08. The molecule has 21 heavy (non-hydrogen) atoms. The molecule has 0 radical (unpaired) electrons. The van der Waals surface area contributed by atoms with Gasteiger partial charge in [-0.05, 0) is 32.2 Å². The highest BCUT2D eigenvalue weighted by atomic mass is 16.4. The number of fused-ring (bicyclic) bond motifs is 1. The number of rotatable bonds is 4. The number of carboxylic acid groups (broad SMARTS) is 1. The number of nitrogens with one attached hydrogen (secondary N) is 1. The third kappa shape index (κ3) is 3.87. The van der Waals surface area contributed by atoms with Gasteiger partial charge in [0.15, 0.2) is 0 Å². The molecule has 0 aliphatic carbocycles. The number of carbonyl (C=O) groups excluding carboxylic acids is 1. The SMILES string of the molecule is CC(C)C(CC(=O)O)NC(=O)N1CC2CCCN2CC1C. The van der Waals surface area contributed by atoms with Gasteiger partial charge in [-0.1, -0.05) is 13.8 Å². The van der Waals surface area contributed by atoms with Gasteiger partial charge in [0.2, 0.25) is 0 Å². The zero-order valence-electron chi connectivity index (χ0n) is 13.2. The summed E-state index contributed by atoms with van der Waals surface area (Å²) >= 11 is 0. The van der Waals surface area contributed by atoms with Crippen LogP contribution in [0, 0.1) is 5.92 Å². The van der Waals surface area contributed by atoms with Crippen LogP contribution in [-0.2, 0) is 4.79 Å². The Morgan fingerprint density at radius 2 is 2.05 bits per heavy atom. The van der Waals surface area contributed by atoms with Gasteiger partial charge < -0.3 is 15.3 Å². The molecule has 0 aromatic carbocycles. The van der Waals surface area contributed by atoms with Gasteiger partial charge in [-0.15, -0.1) is 0 Å². The zero-order chi connectivity index (χ0) is 15.6. The Morgan fingerprint density at radius 1 is 1.33 bits per heavy atom. The van der Waals surface area contributed by atoms with Gasteiger partial charge in [0, 0.05) is 31.2 Å². The number of carbonyl (C=O) groups is 2. The van der Waals surface area contributed by atoms with Gasteiger partial charge in [-0.3, -0.25) is 9.69 Å². The second-order valence-corrected chi connectivity index (χ2v) is 6.69. The first-order chi connectivity index (χ1) is 9.88. The molecule has 0 saturated carbocycles. The first-order valence-electron chi connectivity index (χ1n) is 7.91. The summed E-state index contributed by atoms with van der Waals surface area (Å²) in [6.45, 7) is 8.75. The van der Waals surface area contributed by atoms with Gasteiger partial charge >= 0.3 is 12.0 Å². The molecule has 120 valence electrons. The molecule has 0 aromatic rings. The molecule has 2 N–H and O–H groups in total. The molecule has 6 heteroatoms. The second-order valence-electron chi connectivity index (χ2n) is 6.69. The number of amides is 2. The fourth-order valence-electron chi connectivity index (χ4n) is 3.35. The molecule has 3 atom stereocenters. The Morgan fingerprint density at radius 3 is 2.67 bits per heavy atom. The maximum Gasteiger partial charge on any atom is 0.317 e. The topological polar surface area (TPSA) is 72.9 Å². The molecule has 2 amide bonds. The first kappa shape index (κ1) is 16.1. The van der Waals surface area contributed by atoms with Gasteiger partial charge in [-0.25, -0.2) is 4.79 Å². The van der Waals surface area contributed by atoms with E-state index in [1.165, 1.54) is 6.42 Å². The molecule has 2 rings (SSSR count). The van der Waals surface area contributed by atoms with Crippen molar-refractivity contribution < 1.29 is 14.7 Å². The number of nitrogens with zero attached hydrogens (tertiary/aromatic N) is 2. The highest BCUT2D eigenvalue weighted by Gasteiger charge is 2.37. The van der Waals surface area contributed by atoms with Crippen molar-refractivity contribution in [1.29, 1.82) is 0 Å². The fraction of sp³-hybridized carbons (Fsp3) is 0.867. The number of hydrogen-bond donors (Lipinski definition) is 2. The first-order valence-corrected chi connectivity index (χ1v) is 7.91. The third-order valence-corrected chi connectivity index (χ3v) is 4.71. The van der Waals surface area contributed by atoms with Crippen molar-refractivity contribution in [2.24, 2.45) is 5.92 Å². The van der Waals surface area contributed by atoms with E-state index in [4.69, 9.17) is 5.11 Å². The van der Waals surface area contributed by atoms with Crippen LogP contribution in [0.1, 0.15) is 40.0 Å². The normalized spacial score (nSPS) is 27.5. The molecule has 3 unspecified atom stereocenters. The molecule has 2 aliphatic rings. The Bertz CT molecular complexity index is 400. The van der Waals surface area contributed by atoms with Crippen LogP contribution >= 0.6 is 0 Å². The van der Waals surface area contributed by atoms with Gasteiger partial charge in [0.1, 0.15) is 0 Å². The van der Waals surface area contributed by atoms with Crippen molar-refractivity contribution in [2.45, 2.75) is 58.2 Å². The van der Waals surface area contributed by atoms with Gasteiger partial charge in [0.25, 0.3) is 0 Å². The number of aliphatic carboxylic acids is 1. The van der Waals surface area contributed by atoms with Crippen LogP contribution in [-0.4, -0.2) is 64.7 Å². The Balaban J connectivity index is 1.96. The summed E-state index contributed by atoms with van der Waals surface area (Å²) in [7, 11) is 0. The summed E-state index contributed by atoms with van der Waals surface area (Å²) in [5.41, 5.74) is 0. The van der Waals surface area contributed by atoms with Crippen LogP contribution in [0.15, 0.2) is 0 Å². The summed E-state index contributed by atoms with van der Waals surface area (Å²) in [5.74, 6) is -0.768. The molecule has 6 nitrogen and oxygen atoms in total. The van der Waals surface area contributed by atoms with Crippen LogP contribution in [0.25, 0.3) is 0 Å². The zero-order valence-corrected chi connectivity index (χ0v) is 13.2. The number of piperazine rings is 1. The maximum atomic E-state index is 12.5. The Hall–Kier alpha value is -1.30. The predicted molar refractivity (Wildman–Crippen MR) is 80.2 cm³/mol. The summed E-state index contributed by atoms with van der Waals surface area (Å²) in [4.78, 5) is 27.8. The lowest BCUT2D eigenvalue weighted by Crippen LogP contribution is -2.60. The lowest BCUT2D eigenvalue weighted by molar-refractivity contribution is -0.137. The summed E-state index contributed by atoms with van der Waals surface area (Å²) in [5, 5.41) is 11.9. The second kappa shape index (κ2) is 6.64. The highest BCUT2D eigenvalue weighted by molar-refractivity contribution is 5.76. The molecule has 0 aromatic heterocycles. The van der Waals surface area contributed by atoms with Crippen LogP contribution in [0.3, 0.4) is 0 Å². The van der Waals surface area contributed by atoms with E-state index in [-0.39, 0.29) is 30.5 Å². The molecule has 0 spiro atoms. The summed E-state index contributed by atoms with van der Waals surface area (Å²) < 4.78 is 0. The van der Waals surface area contributed by atoms with Crippen molar-refractivity contribution >= 4 is 12.0 Å². The van der Waals surface area contributed by atoms with E-state index in [0.29, 0.717) is 6.04 Å². The standard InChI is InChI=1S/C15H27N3O3/c1-10(2)13(7-14(19)20)16-15(21)18-9-12-5-4-6-17(12)8-11(18)3/h10-13H,4-9H2,1-3H3,(H,16,21)(H,19,20). The summed E-state index contributed by atoms with van der Waals surface area (Å²) in [6.07, 6.45) is 2.33. The van der Waals surface area contributed by atoms with Crippen molar-refractivity contribution in [1.82, 2.24) is 15.1 Å². The summed E-state index contributed by atoms with van der Waals surface area (Å²) in [6, 6.07) is 0.221. The predicted octanol–water partition coefficient (Wildman–Crippen LogP) is 1.36. The van der Waals surface area contributed by atoms with Crippen LogP contribution in [0.5, 0.6) is 0 Å². The lowest BCUT2D eigenvalue weighted by atomic mass is 10.0. The van der Waals surface area contributed by atoms with E-state index in [9.17, 15) is 9.59 Å². The van der Waals surface area contributed by atoms with Crippen LogP contribution in [0.4, 0.5) is 4.79 Å². The molecule has 0 bridgehead atoms. The highest BCUT2D eigenvalue weighted by Crippen LogP contribution is 2.24. The van der Waals surface area contributed by atoms with Crippen molar-refractivity contribution in [3.63, 3.8) is 0 Å². The molecule has 2 aliphatic heterocycles. The number of carboxylic acids is 1. The van der Waals surface area contributed by atoms with E-state index < -0.39 is 5.97 Å². The minimum absolute atomic E-state index is 0.0266. The number of urea groups is 1. The lowest BCUT2D eigenvalue weighted by Gasteiger charge is -2.42. The Labute approximate surface area is 126 Å².